The number of carbonyl (C=O) groups is 2. The lowest BCUT2D eigenvalue weighted by molar-refractivity contribution is -0.132. The first-order valence-corrected chi connectivity index (χ1v) is 7.92. The number of unbranched alkanes of at least 4 members (excludes halogenated alkanes) is 1. The van der Waals surface area contributed by atoms with Crippen molar-refractivity contribution in [1.82, 2.24) is 10.2 Å². The van der Waals surface area contributed by atoms with Gasteiger partial charge < -0.3 is 10.2 Å². The average molecular weight is 319 g/mol. The normalized spacial score (nSPS) is 16.7. The summed E-state index contributed by atoms with van der Waals surface area (Å²) < 4.78 is 0. The van der Waals surface area contributed by atoms with E-state index in [9.17, 15) is 9.59 Å². The maximum absolute atomic E-state index is 11.9. The van der Waals surface area contributed by atoms with Gasteiger partial charge in [-0.1, -0.05) is 22.9 Å². The fraction of sp³-hybridized carbons (Fsp3) is 0.846. The van der Waals surface area contributed by atoms with Gasteiger partial charge in [0.05, 0.1) is 0 Å². The minimum absolute atomic E-state index is 0.108. The summed E-state index contributed by atoms with van der Waals surface area (Å²) in [5.41, 5.74) is 0. The first-order chi connectivity index (χ1) is 8.67. The number of nitrogens with one attached hydrogen (secondary N) is 1. The Labute approximate surface area is 118 Å². The smallest absolute Gasteiger partial charge is 0.222 e. The van der Waals surface area contributed by atoms with Crippen LogP contribution in [0.3, 0.4) is 0 Å². The third-order valence-electron chi connectivity index (χ3n) is 3.31. The molecule has 1 aliphatic heterocycles. The van der Waals surface area contributed by atoms with Gasteiger partial charge in [-0.3, -0.25) is 9.59 Å². The Morgan fingerprint density at radius 1 is 1.28 bits per heavy atom. The number of nitrogens with zero attached hydrogens (tertiary/aromatic N) is 1. The summed E-state index contributed by atoms with van der Waals surface area (Å²) in [6.45, 7) is 3.42. The van der Waals surface area contributed by atoms with Crippen LogP contribution in [0.2, 0.25) is 0 Å². The van der Waals surface area contributed by atoms with Gasteiger partial charge in [0.1, 0.15) is 0 Å². The molecule has 1 N–H and O–H groups in total. The Hall–Kier alpha value is -0.580. The zero-order valence-corrected chi connectivity index (χ0v) is 12.7. The second kappa shape index (κ2) is 8.51. The summed E-state index contributed by atoms with van der Waals surface area (Å²) in [6, 6.07) is 0.254. The standard InChI is InChI=1S/C13H23BrN2O2/c1-2-12(17)15-11-6-9-16(10-7-11)13(18)5-3-4-8-14/h11H,2-10H2,1H3,(H,15,17). The quantitative estimate of drug-likeness (QED) is 0.602. The van der Waals surface area contributed by atoms with Crippen LogP contribution in [0.25, 0.3) is 0 Å². The lowest BCUT2D eigenvalue weighted by Gasteiger charge is -2.32. The minimum Gasteiger partial charge on any atom is -0.353 e. The second-order valence-corrected chi connectivity index (χ2v) is 5.52. The van der Waals surface area contributed by atoms with E-state index in [1.54, 1.807) is 0 Å². The maximum atomic E-state index is 11.9. The molecule has 0 saturated carbocycles. The molecule has 1 aliphatic rings. The third-order valence-corrected chi connectivity index (χ3v) is 3.87. The predicted octanol–water partition coefficient (Wildman–Crippen LogP) is 2.07. The van der Waals surface area contributed by atoms with Crippen LogP contribution in [0.1, 0.15) is 45.4 Å². The zero-order valence-electron chi connectivity index (χ0n) is 11.1. The number of rotatable bonds is 6. The highest BCUT2D eigenvalue weighted by molar-refractivity contribution is 9.09. The molecule has 0 spiro atoms. The van der Waals surface area contributed by atoms with Gasteiger partial charge in [-0.25, -0.2) is 0 Å². The Kier molecular flexibility index (Phi) is 7.32. The van der Waals surface area contributed by atoms with E-state index in [1.807, 2.05) is 11.8 Å². The molecule has 18 heavy (non-hydrogen) atoms. The van der Waals surface area contributed by atoms with Crippen LogP contribution in [-0.2, 0) is 9.59 Å². The van der Waals surface area contributed by atoms with E-state index in [2.05, 4.69) is 21.2 Å². The molecular weight excluding hydrogens is 296 g/mol. The van der Waals surface area contributed by atoms with E-state index in [0.29, 0.717) is 12.8 Å². The number of alkyl halides is 1. The summed E-state index contributed by atoms with van der Waals surface area (Å²) in [7, 11) is 0. The molecule has 0 atom stereocenters. The largest absolute Gasteiger partial charge is 0.353 e. The summed E-state index contributed by atoms with van der Waals surface area (Å²) in [4.78, 5) is 25.1. The van der Waals surface area contributed by atoms with E-state index < -0.39 is 0 Å². The van der Waals surface area contributed by atoms with Crippen molar-refractivity contribution < 1.29 is 9.59 Å². The monoisotopic (exact) mass is 318 g/mol. The van der Waals surface area contributed by atoms with Crippen molar-refractivity contribution in [2.24, 2.45) is 0 Å². The number of carbonyl (C=O) groups excluding carboxylic acids is 2. The lowest BCUT2D eigenvalue weighted by atomic mass is 10.0. The Bertz CT molecular complexity index is 276. The van der Waals surface area contributed by atoms with Crippen molar-refractivity contribution in [3.05, 3.63) is 0 Å². The second-order valence-electron chi connectivity index (χ2n) is 4.72. The fourth-order valence-corrected chi connectivity index (χ4v) is 2.53. The Morgan fingerprint density at radius 3 is 2.50 bits per heavy atom. The van der Waals surface area contributed by atoms with E-state index in [4.69, 9.17) is 0 Å². The highest BCUT2D eigenvalue weighted by Crippen LogP contribution is 2.13. The van der Waals surface area contributed by atoms with Crippen molar-refractivity contribution in [3.63, 3.8) is 0 Å². The van der Waals surface area contributed by atoms with Crippen molar-refractivity contribution >= 4 is 27.7 Å². The van der Waals surface area contributed by atoms with Crippen LogP contribution in [0.15, 0.2) is 0 Å². The molecule has 0 radical (unpaired) electrons. The molecule has 104 valence electrons. The van der Waals surface area contributed by atoms with E-state index in [0.717, 1.165) is 44.1 Å². The highest BCUT2D eigenvalue weighted by Gasteiger charge is 2.22. The Balaban J connectivity index is 2.22. The van der Waals surface area contributed by atoms with Gasteiger partial charge in [-0.2, -0.15) is 0 Å². The van der Waals surface area contributed by atoms with Crippen LogP contribution in [0.5, 0.6) is 0 Å². The molecule has 0 aliphatic carbocycles. The number of hydrogen-bond acceptors (Lipinski definition) is 2. The molecule has 2 amide bonds. The number of halogens is 1. The lowest BCUT2D eigenvalue weighted by Crippen LogP contribution is -2.46. The average Bonchev–Trinajstić information content (AvgIpc) is 2.39. The fourth-order valence-electron chi connectivity index (χ4n) is 2.13. The van der Waals surface area contributed by atoms with Gasteiger partial charge in [-0.15, -0.1) is 0 Å². The summed E-state index contributed by atoms with van der Waals surface area (Å²) in [6.07, 6.45) is 4.96. The zero-order chi connectivity index (χ0) is 13.4. The molecule has 1 fully saturated rings. The van der Waals surface area contributed by atoms with E-state index >= 15 is 0 Å². The molecule has 0 bridgehead atoms. The molecule has 0 aromatic carbocycles. The first kappa shape index (κ1) is 15.5. The Morgan fingerprint density at radius 2 is 1.94 bits per heavy atom. The molecule has 0 unspecified atom stereocenters. The molecular formula is C13H23BrN2O2. The molecule has 1 rings (SSSR count). The number of amides is 2. The van der Waals surface area contributed by atoms with E-state index in [-0.39, 0.29) is 17.9 Å². The van der Waals surface area contributed by atoms with Crippen molar-refractivity contribution in [2.45, 2.75) is 51.5 Å². The summed E-state index contributed by atoms with van der Waals surface area (Å²) >= 11 is 3.37. The van der Waals surface area contributed by atoms with Gasteiger partial charge in [0.2, 0.25) is 11.8 Å². The molecule has 0 aromatic heterocycles. The topological polar surface area (TPSA) is 49.4 Å². The minimum atomic E-state index is 0.108. The number of piperidine rings is 1. The van der Waals surface area contributed by atoms with Gasteiger partial charge in [-0.05, 0) is 25.7 Å². The van der Waals surface area contributed by atoms with Crippen LogP contribution >= 0.6 is 15.9 Å². The molecule has 4 nitrogen and oxygen atoms in total. The molecule has 1 heterocycles. The van der Waals surface area contributed by atoms with Gasteiger partial charge in [0, 0.05) is 37.3 Å². The summed E-state index contributed by atoms with van der Waals surface area (Å²) in [5.74, 6) is 0.369. The molecule has 0 aromatic rings. The molecule has 5 heteroatoms. The SMILES string of the molecule is CCC(=O)NC1CCN(C(=O)CCCCBr)CC1. The van der Waals surface area contributed by atoms with Crippen molar-refractivity contribution in [2.75, 3.05) is 18.4 Å². The van der Waals surface area contributed by atoms with Gasteiger partial charge in [0.15, 0.2) is 0 Å². The van der Waals surface area contributed by atoms with Crippen LogP contribution in [-0.4, -0.2) is 41.2 Å². The number of likely N-dealkylation sites (tertiary alicyclic amines) is 1. The van der Waals surface area contributed by atoms with Crippen LogP contribution in [0, 0.1) is 0 Å². The van der Waals surface area contributed by atoms with Crippen molar-refractivity contribution in [1.29, 1.82) is 0 Å². The van der Waals surface area contributed by atoms with Gasteiger partial charge in [0.25, 0.3) is 0 Å². The van der Waals surface area contributed by atoms with Crippen LogP contribution in [0.4, 0.5) is 0 Å². The number of hydrogen-bond donors (Lipinski definition) is 1. The predicted molar refractivity (Wildman–Crippen MR) is 75.7 cm³/mol. The highest BCUT2D eigenvalue weighted by atomic mass is 79.9. The van der Waals surface area contributed by atoms with Crippen LogP contribution < -0.4 is 5.32 Å². The van der Waals surface area contributed by atoms with Gasteiger partial charge >= 0.3 is 0 Å². The third kappa shape index (κ3) is 5.38. The maximum Gasteiger partial charge on any atom is 0.222 e. The summed E-state index contributed by atoms with van der Waals surface area (Å²) in [5, 5.41) is 3.96. The first-order valence-electron chi connectivity index (χ1n) is 6.80. The molecule has 1 saturated heterocycles. The van der Waals surface area contributed by atoms with E-state index in [1.165, 1.54) is 0 Å². The van der Waals surface area contributed by atoms with Crippen molar-refractivity contribution in [3.8, 4) is 0 Å².